The van der Waals surface area contributed by atoms with Gasteiger partial charge in [0.05, 0.1) is 11.0 Å². The number of aromatic amines is 1. The zero-order valence-electron chi connectivity index (χ0n) is 9.65. The van der Waals surface area contributed by atoms with Gasteiger partial charge in [-0.25, -0.2) is 4.98 Å². The molecule has 18 heavy (non-hydrogen) atoms. The predicted octanol–water partition coefficient (Wildman–Crippen LogP) is 3.45. The smallest absolute Gasteiger partial charge is 0.139 e. The summed E-state index contributed by atoms with van der Waals surface area (Å²) in [5.74, 6) is 0.867. The Morgan fingerprint density at radius 2 is 2.00 bits per heavy atom. The summed E-state index contributed by atoms with van der Waals surface area (Å²) in [6.45, 7) is 0.541. The molecule has 0 radical (unpaired) electrons. The fourth-order valence-electron chi connectivity index (χ4n) is 1.96. The zero-order valence-corrected chi connectivity index (χ0v) is 11.2. The number of hydrogen-bond acceptors (Lipinski definition) is 2. The van der Waals surface area contributed by atoms with Crippen molar-refractivity contribution in [2.45, 2.75) is 6.54 Å². The number of hydrogen-bond donors (Lipinski definition) is 2. The molecule has 3 aromatic rings. The van der Waals surface area contributed by atoms with Gasteiger partial charge in [-0.15, -0.1) is 0 Å². The Kier molecular flexibility index (Phi) is 2.89. The Bertz CT molecular complexity index is 703. The third-order valence-corrected chi connectivity index (χ3v) is 3.60. The number of aromatic nitrogens is 2. The lowest BCUT2D eigenvalue weighted by Crippen LogP contribution is -1.95. The van der Waals surface area contributed by atoms with Crippen LogP contribution in [0.3, 0.4) is 0 Å². The number of fused-ring (bicyclic) bond motifs is 1. The van der Waals surface area contributed by atoms with Gasteiger partial charge in [-0.1, -0.05) is 40.2 Å². The fourth-order valence-corrected chi connectivity index (χ4v) is 2.44. The molecule has 0 saturated heterocycles. The van der Waals surface area contributed by atoms with Crippen molar-refractivity contribution in [3.05, 3.63) is 52.5 Å². The van der Waals surface area contributed by atoms with Gasteiger partial charge in [-0.3, -0.25) is 0 Å². The largest absolute Gasteiger partial charge is 0.338 e. The number of nitrogens with one attached hydrogen (secondary N) is 1. The molecule has 0 saturated carbocycles. The average molecular weight is 302 g/mol. The molecule has 0 spiro atoms. The first-order chi connectivity index (χ1) is 8.78. The van der Waals surface area contributed by atoms with Crippen LogP contribution >= 0.6 is 15.9 Å². The number of imidazole rings is 1. The third kappa shape index (κ3) is 1.94. The highest BCUT2D eigenvalue weighted by Crippen LogP contribution is 2.27. The van der Waals surface area contributed by atoms with Gasteiger partial charge >= 0.3 is 0 Å². The maximum atomic E-state index is 5.64. The molecule has 0 atom stereocenters. The Morgan fingerprint density at radius 1 is 1.17 bits per heavy atom. The molecule has 0 aliphatic carbocycles. The van der Waals surface area contributed by atoms with Crippen molar-refractivity contribution in [2.24, 2.45) is 5.73 Å². The molecular weight excluding hydrogens is 290 g/mol. The second-order valence-electron chi connectivity index (χ2n) is 4.12. The van der Waals surface area contributed by atoms with Crippen LogP contribution in [0.1, 0.15) is 5.56 Å². The average Bonchev–Trinajstić information content (AvgIpc) is 2.81. The molecule has 3 rings (SSSR count). The fraction of sp³-hybridized carbons (Fsp3) is 0.0714. The van der Waals surface area contributed by atoms with E-state index < -0.39 is 0 Å². The summed E-state index contributed by atoms with van der Waals surface area (Å²) in [5, 5.41) is 0. The van der Waals surface area contributed by atoms with Gasteiger partial charge in [0.25, 0.3) is 0 Å². The van der Waals surface area contributed by atoms with E-state index in [4.69, 9.17) is 5.73 Å². The van der Waals surface area contributed by atoms with Crippen molar-refractivity contribution in [1.82, 2.24) is 9.97 Å². The van der Waals surface area contributed by atoms with Gasteiger partial charge in [-0.05, 0) is 23.8 Å². The van der Waals surface area contributed by atoms with E-state index in [2.05, 4.69) is 25.9 Å². The zero-order chi connectivity index (χ0) is 12.5. The Balaban J connectivity index is 2.17. The summed E-state index contributed by atoms with van der Waals surface area (Å²) in [7, 11) is 0. The molecule has 0 unspecified atom stereocenters. The summed E-state index contributed by atoms with van der Waals surface area (Å²) < 4.78 is 1.03. The van der Waals surface area contributed by atoms with Gasteiger partial charge in [-0.2, -0.15) is 0 Å². The Labute approximate surface area is 113 Å². The quantitative estimate of drug-likeness (QED) is 0.762. The molecule has 2 aromatic carbocycles. The molecule has 4 heteroatoms. The van der Waals surface area contributed by atoms with Gasteiger partial charge in [0.2, 0.25) is 0 Å². The van der Waals surface area contributed by atoms with Crippen LogP contribution < -0.4 is 5.73 Å². The van der Waals surface area contributed by atoms with Crippen LogP contribution in [0.4, 0.5) is 0 Å². The minimum Gasteiger partial charge on any atom is -0.338 e. The van der Waals surface area contributed by atoms with Crippen LogP contribution in [0.15, 0.2) is 46.9 Å². The van der Waals surface area contributed by atoms with E-state index in [-0.39, 0.29) is 0 Å². The molecule has 3 nitrogen and oxygen atoms in total. The number of benzene rings is 2. The van der Waals surface area contributed by atoms with E-state index in [0.717, 1.165) is 32.5 Å². The van der Waals surface area contributed by atoms with Crippen molar-refractivity contribution in [2.75, 3.05) is 0 Å². The lowest BCUT2D eigenvalue weighted by atomic mass is 10.2. The van der Waals surface area contributed by atoms with Gasteiger partial charge < -0.3 is 10.7 Å². The van der Waals surface area contributed by atoms with Crippen LogP contribution in [-0.2, 0) is 6.54 Å². The highest BCUT2D eigenvalue weighted by molar-refractivity contribution is 9.10. The number of nitrogens with zero attached hydrogens (tertiary/aromatic N) is 1. The van der Waals surface area contributed by atoms with Crippen LogP contribution in [0.2, 0.25) is 0 Å². The van der Waals surface area contributed by atoms with Crippen LogP contribution in [-0.4, -0.2) is 9.97 Å². The predicted molar refractivity (Wildman–Crippen MR) is 77.1 cm³/mol. The molecule has 1 heterocycles. The second kappa shape index (κ2) is 4.55. The lowest BCUT2D eigenvalue weighted by molar-refractivity contribution is 1.07. The molecule has 0 fully saturated rings. The third-order valence-electron chi connectivity index (χ3n) is 2.91. The lowest BCUT2D eigenvalue weighted by Gasteiger charge is -1.98. The minimum atomic E-state index is 0.541. The molecule has 0 aliphatic heterocycles. The molecular formula is C14H12BrN3. The first-order valence-electron chi connectivity index (χ1n) is 5.71. The summed E-state index contributed by atoms with van der Waals surface area (Å²) in [6, 6.07) is 14.1. The molecule has 3 N–H and O–H groups in total. The number of rotatable bonds is 2. The first kappa shape index (κ1) is 11.4. The number of H-pyrrole nitrogens is 1. The highest BCUT2D eigenvalue weighted by atomic mass is 79.9. The van der Waals surface area contributed by atoms with E-state index in [0.29, 0.717) is 6.54 Å². The van der Waals surface area contributed by atoms with Gasteiger partial charge in [0.1, 0.15) is 5.82 Å². The number of nitrogens with two attached hydrogens (primary N) is 1. The normalized spacial score (nSPS) is 11.0. The van der Waals surface area contributed by atoms with Gasteiger partial charge in [0.15, 0.2) is 0 Å². The summed E-state index contributed by atoms with van der Waals surface area (Å²) in [4.78, 5) is 7.92. The number of halogens is 1. The van der Waals surface area contributed by atoms with Crippen molar-refractivity contribution in [1.29, 1.82) is 0 Å². The maximum Gasteiger partial charge on any atom is 0.139 e. The molecule has 0 bridgehead atoms. The minimum absolute atomic E-state index is 0.541. The van der Waals surface area contributed by atoms with E-state index >= 15 is 0 Å². The summed E-state index contributed by atoms with van der Waals surface area (Å²) >= 11 is 3.54. The topological polar surface area (TPSA) is 54.7 Å². The van der Waals surface area contributed by atoms with Crippen LogP contribution in [0.25, 0.3) is 22.4 Å². The molecule has 0 aliphatic rings. The Morgan fingerprint density at radius 3 is 2.78 bits per heavy atom. The Hall–Kier alpha value is -1.65. The highest BCUT2D eigenvalue weighted by Gasteiger charge is 2.08. The maximum absolute atomic E-state index is 5.64. The second-order valence-corrected chi connectivity index (χ2v) is 4.98. The summed E-state index contributed by atoms with van der Waals surface area (Å²) in [5.41, 5.74) is 9.77. The van der Waals surface area contributed by atoms with Crippen LogP contribution in [0.5, 0.6) is 0 Å². The van der Waals surface area contributed by atoms with Gasteiger partial charge in [0, 0.05) is 16.6 Å². The van der Waals surface area contributed by atoms with Crippen molar-refractivity contribution in [3.8, 4) is 11.4 Å². The van der Waals surface area contributed by atoms with E-state index in [9.17, 15) is 0 Å². The SMILES string of the molecule is NCc1ccc2nc(-c3ccccc3Br)[nH]c2c1. The van der Waals surface area contributed by atoms with Crippen molar-refractivity contribution in [3.63, 3.8) is 0 Å². The van der Waals surface area contributed by atoms with E-state index in [1.807, 2.05) is 42.5 Å². The summed E-state index contributed by atoms with van der Waals surface area (Å²) in [6.07, 6.45) is 0. The first-order valence-corrected chi connectivity index (χ1v) is 6.51. The molecule has 1 aromatic heterocycles. The van der Waals surface area contributed by atoms with Crippen LogP contribution in [0, 0.1) is 0 Å². The molecule has 0 amide bonds. The monoisotopic (exact) mass is 301 g/mol. The van der Waals surface area contributed by atoms with E-state index in [1.54, 1.807) is 0 Å². The standard InChI is InChI=1S/C14H12BrN3/c15-11-4-2-1-3-10(11)14-17-12-6-5-9(8-16)7-13(12)18-14/h1-7H,8,16H2,(H,17,18). The van der Waals surface area contributed by atoms with Crippen molar-refractivity contribution < 1.29 is 0 Å². The molecule has 90 valence electrons. The van der Waals surface area contributed by atoms with E-state index in [1.165, 1.54) is 0 Å². The van der Waals surface area contributed by atoms with Crippen molar-refractivity contribution >= 4 is 27.0 Å².